The zero-order chi connectivity index (χ0) is 9.07. The van der Waals surface area contributed by atoms with Crippen LogP contribution in [0, 0.1) is 0 Å². The van der Waals surface area contributed by atoms with Gasteiger partial charge in [-0.25, -0.2) is 10.7 Å². The van der Waals surface area contributed by atoms with Crippen molar-refractivity contribution >= 4 is 5.97 Å². The highest BCUT2D eigenvalue weighted by molar-refractivity contribution is 5.75. The summed E-state index contributed by atoms with van der Waals surface area (Å²) in [6.45, 7) is 0. The van der Waals surface area contributed by atoms with Crippen LogP contribution in [0.4, 0.5) is 13.2 Å². The molecule has 0 aromatic carbocycles. The Morgan fingerprint density at radius 1 is 1.55 bits per heavy atom. The Bertz CT molecular complexity index is 146. The summed E-state index contributed by atoms with van der Waals surface area (Å²) in [5, 5.41) is 0. The van der Waals surface area contributed by atoms with Gasteiger partial charge in [-0.15, -0.1) is 0 Å². The van der Waals surface area contributed by atoms with Crippen LogP contribution in [0.25, 0.3) is 0 Å². The Kier molecular flexibility index (Phi) is 3.27. The first-order valence-electron chi connectivity index (χ1n) is 2.43. The molecule has 1 unspecified atom stereocenters. The lowest BCUT2D eigenvalue weighted by Crippen LogP contribution is -2.41. The van der Waals surface area contributed by atoms with E-state index in [-0.39, 0.29) is 0 Å². The van der Waals surface area contributed by atoms with Crippen LogP contribution in [0.15, 0.2) is 0 Å². The van der Waals surface area contributed by atoms with Gasteiger partial charge in [-0.2, -0.15) is 13.2 Å². The highest BCUT2D eigenvalue weighted by Crippen LogP contribution is 2.22. The largest absolute Gasteiger partial charge is 0.467 e. The molecule has 2 N–H and O–H groups in total. The quantitative estimate of drug-likeness (QED) is 0.471. The second-order valence-electron chi connectivity index (χ2n) is 1.58. The zero-order valence-corrected chi connectivity index (χ0v) is 5.51. The van der Waals surface area contributed by atoms with Gasteiger partial charge in [0.05, 0.1) is 7.11 Å². The minimum absolute atomic E-state index is 0.806. The third-order valence-corrected chi connectivity index (χ3v) is 0.849. The van der Waals surface area contributed by atoms with Crippen LogP contribution >= 0.6 is 0 Å². The summed E-state index contributed by atoms with van der Waals surface area (Å²) in [5.41, 5.74) is 0. The van der Waals surface area contributed by atoms with Gasteiger partial charge in [-0.1, -0.05) is 0 Å². The van der Waals surface area contributed by atoms with Crippen molar-refractivity contribution in [1.29, 1.82) is 0 Å². The number of nitrogens with two attached hydrogens (primary N) is 1. The predicted octanol–water partition coefficient (Wildman–Crippen LogP) is -0.0194. The second-order valence-corrected chi connectivity index (χ2v) is 1.58. The van der Waals surface area contributed by atoms with Gasteiger partial charge in [0.2, 0.25) is 0 Å². The van der Waals surface area contributed by atoms with E-state index in [2.05, 4.69) is 15.5 Å². The van der Waals surface area contributed by atoms with E-state index < -0.39 is 18.2 Å². The normalized spacial score (nSPS) is 14.3. The zero-order valence-electron chi connectivity index (χ0n) is 5.51. The fourth-order valence-electron chi connectivity index (χ4n) is 0.373. The molecule has 0 amide bonds. The number of carbonyl (C=O) groups is 1. The molecular weight excluding hydrogens is 167 g/mol. The van der Waals surface area contributed by atoms with Crippen LogP contribution in [0.5, 0.6) is 0 Å². The third-order valence-electron chi connectivity index (χ3n) is 0.849. The molecule has 0 aliphatic rings. The van der Waals surface area contributed by atoms with Crippen LogP contribution in [0.3, 0.4) is 0 Å². The smallest absolute Gasteiger partial charge is 0.427 e. The van der Waals surface area contributed by atoms with Crippen LogP contribution in [0.1, 0.15) is 0 Å². The average Bonchev–Trinajstić information content (AvgIpc) is 1.86. The third kappa shape index (κ3) is 2.72. The Labute approximate surface area is 60.0 Å². The maximum absolute atomic E-state index is 11.7. The molecule has 0 fully saturated rings. The van der Waals surface area contributed by atoms with Crippen molar-refractivity contribution < 1.29 is 27.5 Å². The first-order valence-corrected chi connectivity index (χ1v) is 2.43. The van der Waals surface area contributed by atoms with Gasteiger partial charge in [-0.3, -0.25) is 4.84 Å². The molecule has 0 radical (unpaired) electrons. The highest BCUT2D eigenvalue weighted by Gasteiger charge is 2.47. The Balaban J connectivity index is 4.29. The fourth-order valence-corrected chi connectivity index (χ4v) is 0.373. The lowest BCUT2D eigenvalue weighted by Gasteiger charge is -2.14. The number of methoxy groups -OCH3 is 1. The van der Waals surface area contributed by atoms with Crippen molar-refractivity contribution in [3.8, 4) is 0 Å². The highest BCUT2D eigenvalue weighted by atomic mass is 19.4. The average molecular weight is 173 g/mol. The van der Waals surface area contributed by atoms with Gasteiger partial charge < -0.3 is 4.74 Å². The second kappa shape index (κ2) is 3.54. The van der Waals surface area contributed by atoms with Gasteiger partial charge >= 0.3 is 12.1 Å². The SMILES string of the molecule is COC(=O)C(ON)C(F)(F)F. The number of alkyl halides is 3. The van der Waals surface area contributed by atoms with Crippen molar-refractivity contribution in [3.63, 3.8) is 0 Å². The molecule has 0 aromatic rings. The van der Waals surface area contributed by atoms with Crippen molar-refractivity contribution in [2.24, 2.45) is 5.90 Å². The lowest BCUT2D eigenvalue weighted by molar-refractivity contribution is -0.230. The number of esters is 1. The molecule has 11 heavy (non-hydrogen) atoms. The Morgan fingerprint density at radius 3 is 2.09 bits per heavy atom. The minimum Gasteiger partial charge on any atom is -0.467 e. The topological polar surface area (TPSA) is 61.5 Å². The molecule has 0 saturated heterocycles. The molecular formula is C4H6F3NO3. The molecule has 4 nitrogen and oxygen atoms in total. The standard InChI is InChI=1S/C4H6F3NO3/c1-10-3(9)2(11-8)4(5,6)7/h2H,8H2,1H3. The van der Waals surface area contributed by atoms with E-state index in [0.29, 0.717) is 0 Å². The van der Waals surface area contributed by atoms with Gasteiger partial charge in [-0.05, 0) is 0 Å². The number of hydrogen-bond acceptors (Lipinski definition) is 4. The molecule has 0 rings (SSSR count). The molecule has 0 saturated carbocycles. The van der Waals surface area contributed by atoms with E-state index in [1.54, 1.807) is 0 Å². The van der Waals surface area contributed by atoms with Crippen LogP contribution in [-0.4, -0.2) is 25.4 Å². The molecule has 0 aliphatic heterocycles. The summed E-state index contributed by atoms with van der Waals surface area (Å²) >= 11 is 0. The van der Waals surface area contributed by atoms with Gasteiger partial charge in [0.1, 0.15) is 0 Å². The van der Waals surface area contributed by atoms with Crippen molar-refractivity contribution in [3.05, 3.63) is 0 Å². The first-order chi connectivity index (χ1) is 4.93. The van der Waals surface area contributed by atoms with E-state index in [0.717, 1.165) is 7.11 Å². The maximum atomic E-state index is 11.7. The number of hydrogen-bond donors (Lipinski definition) is 1. The molecule has 0 heterocycles. The predicted molar refractivity (Wildman–Crippen MR) is 27.1 cm³/mol. The summed E-state index contributed by atoms with van der Waals surface area (Å²) in [4.78, 5) is 13.6. The number of carbonyl (C=O) groups excluding carboxylic acids is 1. The lowest BCUT2D eigenvalue weighted by atomic mass is 10.3. The Hall–Kier alpha value is -0.820. The fraction of sp³-hybridized carbons (Fsp3) is 0.750. The monoisotopic (exact) mass is 173 g/mol. The summed E-state index contributed by atoms with van der Waals surface area (Å²) in [5.74, 6) is 2.65. The molecule has 0 spiro atoms. The molecule has 0 aromatic heterocycles. The molecule has 7 heteroatoms. The summed E-state index contributed by atoms with van der Waals surface area (Å²) in [7, 11) is 0.806. The van der Waals surface area contributed by atoms with Crippen LogP contribution in [0.2, 0.25) is 0 Å². The van der Waals surface area contributed by atoms with Gasteiger partial charge in [0.15, 0.2) is 0 Å². The van der Waals surface area contributed by atoms with Crippen LogP contribution in [-0.2, 0) is 14.4 Å². The number of ether oxygens (including phenoxy) is 1. The van der Waals surface area contributed by atoms with Crippen molar-refractivity contribution in [2.45, 2.75) is 12.3 Å². The summed E-state index contributed by atoms with van der Waals surface area (Å²) in [6.07, 6.45) is -7.53. The molecule has 0 bridgehead atoms. The number of halogens is 3. The van der Waals surface area contributed by atoms with E-state index >= 15 is 0 Å². The maximum Gasteiger partial charge on any atom is 0.427 e. The summed E-state index contributed by atoms with van der Waals surface area (Å²) in [6, 6.07) is 0. The molecule has 1 atom stereocenters. The van der Waals surface area contributed by atoms with E-state index in [1.807, 2.05) is 0 Å². The Morgan fingerprint density at radius 2 is 2.00 bits per heavy atom. The van der Waals surface area contributed by atoms with Gasteiger partial charge in [0, 0.05) is 0 Å². The molecule has 66 valence electrons. The number of rotatable bonds is 2. The van der Waals surface area contributed by atoms with Crippen molar-refractivity contribution in [1.82, 2.24) is 0 Å². The van der Waals surface area contributed by atoms with E-state index in [1.165, 1.54) is 0 Å². The van der Waals surface area contributed by atoms with Crippen molar-refractivity contribution in [2.75, 3.05) is 7.11 Å². The molecule has 0 aliphatic carbocycles. The first kappa shape index (κ1) is 10.2. The van der Waals surface area contributed by atoms with E-state index in [9.17, 15) is 18.0 Å². The minimum atomic E-state index is -4.83. The van der Waals surface area contributed by atoms with Crippen LogP contribution < -0.4 is 5.90 Å². The van der Waals surface area contributed by atoms with E-state index in [4.69, 9.17) is 0 Å². The summed E-state index contributed by atoms with van der Waals surface area (Å²) < 4.78 is 38.7. The van der Waals surface area contributed by atoms with Gasteiger partial charge in [0.25, 0.3) is 6.10 Å².